The molecule has 1 amide bonds. The van der Waals surface area contributed by atoms with Crippen LogP contribution >= 0.6 is 0 Å². The first-order chi connectivity index (χ1) is 17.9. The van der Waals surface area contributed by atoms with E-state index in [1.54, 1.807) is 6.92 Å². The summed E-state index contributed by atoms with van der Waals surface area (Å²) in [4.78, 5) is 17.4. The summed E-state index contributed by atoms with van der Waals surface area (Å²) in [5.74, 6) is -3.69. The molecule has 0 saturated heterocycles. The van der Waals surface area contributed by atoms with Gasteiger partial charge in [0.1, 0.15) is 22.8 Å². The van der Waals surface area contributed by atoms with Crippen molar-refractivity contribution in [2.75, 3.05) is 18.8 Å². The van der Waals surface area contributed by atoms with Crippen LogP contribution in [-0.2, 0) is 6.18 Å². The van der Waals surface area contributed by atoms with Gasteiger partial charge in [0.25, 0.3) is 5.91 Å². The van der Waals surface area contributed by atoms with Crippen LogP contribution in [0, 0.1) is 18.6 Å². The first-order valence-electron chi connectivity index (χ1n) is 12.0. The van der Waals surface area contributed by atoms with Gasteiger partial charge in [-0.2, -0.15) is 18.3 Å². The molecule has 2 atom stereocenters. The molecule has 38 heavy (non-hydrogen) atoms. The smallest absolute Gasteiger partial charge is 0.417 e. The highest BCUT2D eigenvalue weighted by molar-refractivity contribution is 6.01. The molecule has 1 aliphatic rings. The number of carbonyl (C=O) groups excluding carboxylic acids is 1. The summed E-state index contributed by atoms with van der Waals surface area (Å²) in [7, 11) is 0. The second-order valence-electron chi connectivity index (χ2n) is 9.06. The number of halogens is 5. The lowest BCUT2D eigenvalue weighted by molar-refractivity contribution is -0.137. The number of hydrogen-bond donors (Lipinski definition) is 3. The Bertz CT molecular complexity index is 1340. The highest BCUT2D eigenvalue weighted by Crippen LogP contribution is 2.44. The Hall–Kier alpha value is -3.74. The molecule has 1 aromatic carbocycles. The second-order valence-corrected chi connectivity index (χ2v) is 9.06. The number of carbonyl (C=O) groups is 1. The molecule has 0 bridgehead atoms. The molecule has 0 radical (unpaired) electrons. The van der Waals surface area contributed by atoms with Crippen LogP contribution in [0.25, 0.3) is 16.9 Å². The van der Waals surface area contributed by atoms with Gasteiger partial charge in [-0.15, -0.1) is 0 Å². The number of nitrogen functional groups attached to an aromatic ring is 1. The molecule has 4 N–H and O–H groups in total. The van der Waals surface area contributed by atoms with E-state index in [4.69, 9.17) is 10.5 Å². The fourth-order valence-corrected chi connectivity index (χ4v) is 4.56. The molecule has 0 spiro atoms. The molecule has 3 heterocycles. The van der Waals surface area contributed by atoms with Crippen molar-refractivity contribution in [1.82, 2.24) is 25.4 Å². The number of aromatic nitrogens is 3. The zero-order chi connectivity index (χ0) is 27.8. The number of rotatable bonds is 3. The van der Waals surface area contributed by atoms with Gasteiger partial charge in [-0.25, -0.2) is 18.4 Å². The molecule has 13 heteroatoms. The Morgan fingerprint density at radius 3 is 2.61 bits per heavy atom. The fraction of sp³-hybridized carbons (Fsp3) is 0.400. The molecule has 1 aliphatic heterocycles. The van der Waals surface area contributed by atoms with Gasteiger partial charge in [0.15, 0.2) is 5.82 Å². The van der Waals surface area contributed by atoms with Crippen molar-refractivity contribution in [3.63, 3.8) is 0 Å². The molecular formula is C25H27F5N6O2. The number of hydrogen-bond acceptors (Lipinski definition) is 6. The van der Waals surface area contributed by atoms with Crippen molar-refractivity contribution in [3.8, 4) is 22.8 Å². The monoisotopic (exact) mass is 538 g/mol. The zero-order valence-corrected chi connectivity index (χ0v) is 20.9. The van der Waals surface area contributed by atoms with Gasteiger partial charge in [-0.1, -0.05) is 6.92 Å². The zero-order valence-electron chi connectivity index (χ0n) is 20.9. The van der Waals surface area contributed by atoms with E-state index in [-0.39, 0.29) is 24.0 Å². The van der Waals surface area contributed by atoms with Gasteiger partial charge >= 0.3 is 6.18 Å². The summed E-state index contributed by atoms with van der Waals surface area (Å²) >= 11 is 0. The molecule has 3 aromatic rings. The molecule has 0 aliphatic carbocycles. The number of ether oxygens (including phenoxy) is 1. The lowest BCUT2D eigenvalue weighted by atomic mass is 9.95. The summed E-state index contributed by atoms with van der Waals surface area (Å²) < 4.78 is 80.1. The van der Waals surface area contributed by atoms with Gasteiger partial charge in [-0.3, -0.25) is 4.79 Å². The van der Waals surface area contributed by atoms with Crippen molar-refractivity contribution in [3.05, 3.63) is 52.9 Å². The van der Waals surface area contributed by atoms with E-state index in [9.17, 15) is 22.4 Å². The first-order valence-corrected chi connectivity index (χ1v) is 12.0. The van der Waals surface area contributed by atoms with Crippen molar-refractivity contribution in [2.45, 2.75) is 51.9 Å². The van der Waals surface area contributed by atoms with Crippen molar-refractivity contribution < 1.29 is 31.5 Å². The van der Waals surface area contributed by atoms with E-state index in [0.717, 1.165) is 18.0 Å². The average molecular weight is 539 g/mol. The van der Waals surface area contributed by atoms with Gasteiger partial charge in [0.05, 0.1) is 17.4 Å². The van der Waals surface area contributed by atoms with Crippen LogP contribution < -0.4 is 21.1 Å². The number of amides is 1. The van der Waals surface area contributed by atoms with E-state index >= 15 is 4.39 Å². The molecule has 8 nitrogen and oxygen atoms in total. The number of anilines is 1. The van der Waals surface area contributed by atoms with Crippen molar-refractivity contribution in [1.29, 1.82) is 0 Å². The Labute approximate surface area is 215 Å². The van der Waals surface area contributed by atoms with E-state index in [2.05, 4.69) is 20.7 Å². The van der Waals surface area contributed by atoms with Crippen LogP contribution in [0.3, 0.4) is 0 Å². The standard InChI is InChI=1S/C25H27F5N6O2/c1-4-14-10-12(2)38-24-17(23(37)33-8-7-32-14)22(36-9-5-6-34-36)20(27)21(35-24)15-11-16(31)19(26)13(3)18(15)25(28,29)30/h5-6,9,11-12,14,32H,4,7-8,10,31H2,1-3H3,(H,33,37)/t12-,14?/m0/s1. The van der Waals surface area contributed by atoms with Gasteiger partial charge < -0.3 is 21.1 Å². The Morgan fingerprint density at radius 1 is 1.24 bits per heavy atom. The largest absolute Gasteiger partial charge is 0.474 e. The van der Waals surface area contributed by atoms with Gasteiger partial charge in [0, 0.05) is 37.1 Å². The minimum Gasteiger partial charge on any atom is -0.474 e. The Kier molecular flexibility index (Phi) is 7.58. The number of benzene rings is 1. The minimum absolute atomic E-state index is 0.0188. The second kappa shape index (κ2) is 10.6. The summed E-state index contributed by atoms with van der Waals surface area (Å²) in [6.45, 7) is 5.21. The molecule has 2 aromatic heterocycles. The maximum absolute atomic E-state index is 16.3. The Balaban J connectivity index is 2.06. The normalized spacial score (nSPS) is 18.8. The maximum atomic E-state index is 16.3. The fourth-order valence-electron chi connectivity index (χ4n) is 4.56. The van der Waals surface area contributed by atoms with E-state index in [1.807, 2.05) is 6.92 Å². The molecule has 0 saturated carbocycles. The third-order valence-corrected chi connectivity index (χ3v) is 6.37. The highest BCUT2D eigenvalue weighted by Gasteiger charge is 2.40. The van der Waals surface area contributed by atoms with Gasteiger partial charge in [-0.05, 0) is 44.4 Å². The topological polar surface area (TPSA) is 107 Å². The first kappa shape index (κ1) is 27.3. The third-order valence-electron chi connectivity index (χ3n) is 6.37. The van der Waals surface area contributed by atoms with Crippen molar-refractivity contribution in [2.24, 2.45) is 0 Å². The number of fused-ring (bicyclic) bond motifs is 1. The average Bonchev–Trinajstić information content (AvgIpc) is 3.37. The Morgan fingerprint density at radius 2 is 1.97 bits per heavy atom. The summed E-state index contributed by atoms with van der Waals surface area (Å²) in [5, 5.41) is 9.96. The molecule has 4 rings (SSSR count). The molecule has 204 valence electrons. The van der Waals surface area contributed by atoms with Crippen LogP contribution in [0.15, 0.2) is 24.5 Å². The van der Waals surface area contributed by atoms with Crippen LogP contribution in [0.5, 0.6) is 5.88 Å². The van der Waals surface area contributed by atoms with E-state index < -0.39 is 63.6 Å². The SMILES string of the molecule is CCC1C[C@H](C)Oc2nc(-c3cc(N)c(F)c(C)c3C(F)(F)F)c(F)c(-n3cccn3)c2C(=O)NCCN1. The van der Waals surface area contributed by atoms with Crippen molar-refractivity contribution >= 4 is 11.6 Å². The lowest BCUT2D eigenvalue weighted by Gasteiger charge is -2.23. The highest BCUT2D eigenvalue weighted by atomic mass is 19.4. The number of alkyl halides is 3. The van der Waals surface area contributed by atoms with E-state index in [1.165, 1.54) is 18.5 Å². The van der Waals surface area contributed by atoms with Gasteiger partial charge in [0.2, 0.25) is 5.88 Å². The number of nitrogens with one attached hydrogen (secondary N) is 2. The maximum Gasteiger partial charge on any atom is 0.417 e. The molecular weight excluding hydrogens is 511 g/mol. The van der Waals surface area contributed by atoms with Crippen LogP contribution in [0.1, 0.15) is 48.2 Å². The summed E-state index contributed by atoms with van der Waals surface area (Å²) in [5.41, 5.74) is 0.388. The number of nitrogens with two attached hydrogens (primary N) is 1. The third kappa shape index (κ3) is 5.15. The minimum atomic E-state index is -5.07. The quantitative estimate of drug-likeness (QED) is 0.337. The lowest BCUT2D eigenvalue weighted by Crippen LogP contribution is -2.38. The summed E-state index contributed by atoms with van der Waals surface area (Å²) in [6.07, 6.45) is -1.76. The van der Waals surface area contributed by atoms with Crippen LogP contribution in [0.4, 0.5) is 27.6 Å². The molecule has 1 unspecified atom stereocenters. The van der Waals surface area contributed by atoms with Crippen LogP contribution in [-0.4, -0.2) is 45.9 Å². The number of pyridine rings is 1. The molecule has 0 fully saturated rings. The summed E-state index contributed by atoms with van der Waals surface area (Å²) in [6, 6.07) is 2.15. The van der Waals surface area contributed by atoms with Crippen LogP contribution in [0.2, 0.25) is 0 Å². The predicted molar refractivity (Wildman–Crippen MR) is 130 cm³/mol. The van der Waals surface area contributed by atoms with E-state index in [0.29, 0.717) is 19.0 Å². The number of nitrogens with zero attached hydrogens (tertiary/aromatic N) is 3. The predicted octanol–water partition coefficient (Wildman–Crippen LogP) is 4.39.